The van der Waals surface area contributed by atoms with Crippen LogP contribution in [0, 0.1) is 0 Å². The van der Waals surface area contributed by atoms with Gasteiger partial charge in [-0.1, -0.05) is 19.8 Å². The normalized spacial score (nSPS) is 15.9. The maximum absolute atomic E-state index is 11.0. The third-order valence-electron chi connectivity index (χ3n) is 1.56. The highest BCUT2D eigenvalue weighted by Crippen LogP contribution is 2.41. The van der Waals surface area contributed by atoms with Gasteiger partial charge < -0.3 is 4.89 Å². The Balaban J connectivity index is 3.74. The average molecular weight is 178 g/mol. The van der Waals surface area contributed by atoms with Crippen LogP contribution < -0.4 is 0 Å². The molecular weight excluding hydrogens is 163 g/mol. The molecule has 1 unspecified atom stereocenters. The van der Waals surface area contributed by atoms with Gasteiger partial charge in [0.15, 0.2) is 0 Å². The second kappa shape index (κ2) is 4.68. The molecule has 0 saturated heterocycles. The number of carbonyl (C=O) groups is 1. The molecule has 0 amide bonds. The van der Waals surface area contributed by atoms with Gasteiger partial charge in [-0.2, -0.15) is 0 Å². The zero-order valence-corrected chi connectivity index (χ0v) is 7.93. The second-order valence-electron chi connectivity index (χ2n) is 2.65. The van der Waals surface area contributed by atoms with Crippen LogP contribution in [0.25, 0.3) is 0 Å². The molecule has 0 bridgehead atoms. The van der Waals surface area contributed by atoms with Crippen molar-refractivity contribution in [3.05, 3.63) is 0 Å². The second-order valence-corrected chi connectivity index (χ2v) is 5.13. The van der Waals surface area contributed by atoms with Gasteiger partial charge in [0.25, 0.3) is 7.37 Å². The molecule has 0 fully saturated rings. The van der Waals surface area contributed by atoms with Crippen molar-refractivity contribution >= 4 is 12.9 Å². The van der Waals surface area contributed by atoms with E-state index < -0.39 is 12.9 Å². The predicted octanol–water partition coefficient (Wildman–Crippen LogP) is 1.99. The van der Waals surface area contributed by atoms with Crippen molar-refractivity contribution in [2.75, 3.05) is 6.16 Å². The van der Waals surface area contributed by atoms with Crippen molar-refractivity contribution in [3.8, 4) is 0 Å². The van der Waals surface area contributed by atoms with Crippen LogP contribution in [-0.2, 0) is 9.36 Å². The van der Waals surface area contributed by atoms with Gasteiger partial charge in [0.1, 0.15) is 0 Å². The standard InChI is InChI=1S/C7H15O3P/c1-3-4-5-6-11(9,10)7(2)8/h3-6H2,1-2H3,(H,9,10). The van der Waals surface area contributed by atoms with Gasteiger partial charge in [-0.3, -0.25) is 9.36 Å². The van der Waals surface area contributed by atoms with Crippen LogP contribution in [0.1, 0.15) is 33.1 Å². The minimum atomic E-state index is -3.43. The lowest BCUT2D eigenvalue weighted by Gasteiger charge is -2.05. The van der Waals surface area contributed by atoms with Crippen molar-refractivity contribution in [1.29, 1.82) is 0 Å². The maximum Gasteiger partial charge on any atom is 0.263 e. The Morgan fingerprint density at radius 3 is 2.36 bits per heavy atom. The number of hydrogen-bond donors (Lipinski definition) is 1. The highest BCUT2D eigenvalue weighted by Gasteiger charge is 2.22. The lowest BCUT2D eigenvalue weighted by Crippen LogP contribution is -1.97. The van der Waals surface area contributed by atoms with Crippen LogP contribution >= 0.6 is 7.37 Å². The van der Waals surface area contributed by atoms with E-state index in [2.05, 4.69) is 0 Å². The molecule has 11 heavy (non-hydrogen) atoms. The molecular formula is C7H15O3P. The summed E-state index contributed by atoms with van der Waals surface area (Å²) in [5.74, 6) is 0. The van der Waals surface area contributed by atoms with Gasteiger partial charge in [0.05, 0.1) is 0 Å². The summed E-state index contributed by atoms with van der Waals surface area (Å²) in [6.45, 7) is 3.18. The van der Waals surface area contributed by atoms with Crippen LogP contribution in [-0.4, -0.2) is 16.6 Å². The van der Waals surface area contributed by atoms with E-state index in [-0.39, 0.29) is 6.16 Å². The first kappa shape index (κ1) is 10.9. The highest BCUT2D eigenvalue weighted by molar-refractivity contribution is 7.75. The van der Waals surface area contributed by atoms with E-state index in [1.54, 1.807) is 0 Å². The van der Waals surface area contributed by atoms with E-state index in [4.69, 9.17) is 4.89 Å². The highest BCUT2D eigenvalue weighted by atomic mass is 31.2. The quantitative estimate of drug-likeness (QED) is 0.517. The third kappa shape index (κ3) is 4.33. The Morgan fingerprint density at radius 1 is 1.45 bits per heavy atom. The first-order chi connectivity index (χ1) is 5.00. The van der Waals surface area contributed by atoms with Crippen LogP contribution in [0.5, 0.6) is 0 Å². The summed E-state index contributed by atoms with van der Waals surface area (Å²) in [6.07, 6.45) is 2.73. The van der Waals surface area contributed by atoms with Gasteiger partial charge in [0, 0.05) is 13.1 Å². The van der Waals surface area contributed by atoms with E-state index in [9.17, 15) is 9.36 Å². The molecule has 3 nitrogen and oxygen atoms in total. The van der Waals surface area contributed by atoms with Gasteiger partial charge in [-0.15, -0.1) is 0 Å². The fourth-order valence-corrected chi connectivity index (χ4v) is 1.70. The summed E-state index contributed by atoms with van der Waals surface area (Å²) in [4.78, 5) is 19.6. The molecule has 0 heterocycles. The molecule has 0 aliphatic rings. The number of unbranched alkanes of at least 4 members (excludes halogenated alkanes) is 2. The van der Waals surface area contributed by atoms with Crippen molar-refractivity contribution in [3.63, 3.8) is 0 Å². The van der Waals surface area contributed by atoms with E-state index in [1.165, 1.54) is 6.92 Å². The molecule has 1 N–H and O–H groups in total. The summed E-state index contributed by atoms with van der Waals surface area (Å²) in [5.41, 5.74) is -0.575. The molecule has 4 heteroatoms. The predicted molar refractivity (Wildman–Crippen MR) is 44.9 cm³/mol. The number of carbonyl (C=O) groups excluding carboxylic acids is 1. The molecule has 0 aromatic rings. The zero-order valence-electron chi connectivity index (χ0n) is 7.04. The summed E-state index contributed by atoms with van der Waals surface area (Å²) in [5, 5.41) is 0. The molecule has 0 saturated carbocycles. The molecule has 1 atom stereocenters. The first-order valence-corrected chi connectivity index (χ1v) is 5.68. The van der Waals surface area contributed by atoms with Crippen molar-refractivity contribution in [2.45, 2.75) is 33.1 Å². The third-order valence-corrected chi connectivity index (χ3v) is 3.46. The lowest BCUT2D eigenvalue weighted by molar-refractivity contribution is -0.110. The van der Waals surface area contributed by atoms with Gasteiger partial charge in [0.2, 0.25) is 5.52 Å². The van der Waals surface area contributed by atoms with E-state index in [0.717, 1.165) is 12.8 Å². The smallest absolute Gasteiger partial charge is 0.263 e. The SMILES string of the molecule is CCCCCP(=O)(O)C(C)=O. The van der Waals surface area contributed by atoms with E-state index >= 15 is 0 Å². The summed E-state index contributed by atoms with van der Waals surface area (Å²) < 4.78 is 11.0. The summed E-state index contributed by atoms with van der Waals surface area (Å²) >= 11 is 0. The monoisotopic (exact) mass is 178 g/mol. The largest absolute Gasteiger partial charge is 0.339 e. The van der Waals surface area contributed by atoms with Crippen LogP contribution in [0.3, 0.4) is 0 Å². The molecule has 0 rings (SSSR count). The maximum atomic E-state index is 11.0. The Kier molecular flexibility index (Phi) is 4.62. The molecule has 0 aromatic heterocycles. The summed E-state index contributed by atoms with van der Waals surface area (Å²) in [7, 11) is -3.43. The lowest BCUT2D eigenvalue weighted by atomic mass is 10.3. The van der Waals surface area contributed by atoms with Crippen molar-refractivity contribution in [1.82, 2.24) is 0 Å². The van der Waals surface area contributed by atoms with Crippen molar-refractivity contribution < 1.29 is 14.3 Å². The molecule has 0 spiro atoms. The van der Waals surface area contributed by atoms with Gasteiger partial charge >= 0.3 is 0 Å². The van der Waals surface area contributed by atoms with Crippen LogP contribution in [0.15, 0.2) is 0 Å². The summed E-state index contributed by atoms with van der Waals surface area (Å²) in [6, 6.07) is 0. The first-order valence-electron chi connectivity index (χ1n) is 3.83. The topological polar surface area (TPSA) is 54.4 Å². The van der Waals surface area contributed by atoms with E-state index in [0.29, 0.717) is 6.42 Å². The molecule has 66 valence electrons. The average Bonchev–Trinajstić information content (AvgIpc) is 1.88. The van der Waals surface area contributed by atoms with Crippen LogP contribution in [0.4, 0.5) is 0 Å². The fraction of sp³-hybridized carbons (Fsp3) is 0.857. The fourth-order valence-electron chi connectivity index (χ4n) is 0.734. The molecule has 0 radical (unpaired) electrons. The van der Waals surface area contributed by atoms with Gasteiger partial charge in [-0.05, 0) is 6.42 Å². The van der Waals surface area contributed by atoms with Crippen LogP contribution in [0.2, 0.25) is 0 Å². The molecule has 0 aliphatic heterocycles. The van der Waals surface area contributed by atoms with Crippen molar-refractivity contribution in [2.24, 2.45) is 0 Å². The Hall–Kier alpha value is -0.140. The Morgan fingerprint density at radius 2 is 2.00 bits per heavy atom. The Labute approximate surface area is 67.3 Å². The van der Waals surface area contributed by atoms with Gasteiger partial charge in [-0.25, -0.2) is 0 Å². The number of hydrogen-bond acceptors (Lipinski definition) is 2. The minimum absolute atomic E-state index is 0.149. The zero-order chi connectivity index (χ0) is 8.91. The number of rotatable bonds is 5. The Bertz CT molecular complexity index is 177. The minimum Gasteiger partial charge on any atom is -0.339 e. The molecule has 0 aromatic carbocycles. The molecule has 0 aliphatic carbocycles. The van der Waals surface area contributed by atoms with E-state index in [1.807, 2.05) is 6.92 Å².